The Kier molecular flexibility index (Phi) is 3.84. The lowest BCUT2D eigenvalue weighted by Gasteiger charge is -2.26. The zero-order valence-electron chi connectivity index (χ0n) is 11.1. The van der Waals surface area contributed by atoms with Crippen LogP contribution < -0.4 is 4.90 Å². The van der Waals surface area contributed by atoms with Crippen LogP contribution in [0.2, 0.25) is 0 Å². The quantitative estimate of drug-likeness (QED) is 0.833. The first-order valence-corrected chi connectivity index (χ1v) is 7.42. The van der Waals surface area contributed by atoms with Gasteiger partial charge in [0.2, 0.25) is 0 Å². The molecule has 1 aromatic heterocycles. The lowest BCUT2D eigenvalue weighted by Crippen LogP contribution is -2.23. The molecule has 4 nitrogen and oxygen atoms in total. The van der Waals surface area contributed by atoms with Crippen LogP contribution in [0.1, 0.15) is 30.1 Å². The fraction of sp³-hybridized carbons (Fsp3) is 0.267. The number of benzene rings is 1. The summed E-state index contributed by atoms with van der Waals surface area (Å²) < 4.78 is 14.2. The van der Waals surface area contributed by atoms with Gasteiger partial charge >= 0.3 is 0 Å². The van der Waals surface area contributed by atoms with Crippen molar-refractivity contribution in [3.8, 4) is 6.07 Å². The fourth-order valence-electron chi connectivity index (χ4n) is 2.67. The summed E-state index contributed by atoms with van der Waals surface area (Å²) in [6, 6.07) is 8.97. The molecule has 0 bridgehead atoms. The highest BCUT2D eigenvalue weighted by molar-refractivity contribution is 9.10. The Morgan fingerprint density at radius 2 is 2.19 bits per heavy atom. The van der Waals surface area contributed by atoms with Crippen LogP contribution in [0.25, 0.3) is 0 Å². The first-order valence-electron chi connectivity index (χ1n) is 6.63. The number of aromatic nitrogens is 2. The maximum absolute atomic E-state index is 13.7. The third-order valence-electron chi connectivity index (χ3n) is 3.64. The molecule has 1 saturated heterocycles. The molecule has 1 aliphatic heterocycles. The Balaban J connectivity index is 1.95. The summed E-state index contributed by atoms with van der Waals surface area (Å²) in [5, 5.41) is 8.94. The van der Waals surface area contributed by atoms with Crippen LogP contribution in [-0.4, -0.2) is 16.5 Å². The van der Waals surface area contributed by atoms with Gasteiger partial charge < -0.3 is 4.90 Å². The Labute approximate surface area is 130 Å². The van der Waals surface area contributed by atoms with E-state index >= 15 is 0 Å². The number of hydrogen-bond donors (Lipinski definition) is 0. The average molecular weight is 347 g/mol. The average Bonchev–Trinajstić information content (AvgIpc) is 2.99. The van der Waals surface area contributed by atoms with E-state index in [1.54, 1.807) is 18.2 Å². The van der Waals surface area contributed by atoms with Crippen molar-refractivity contribution in [3.63, 3.8) is 0 Å². The summed E-state index contributed by atoms with van der Waals surface area (Å²) in [5.41, 5.74) is 1.26. The topological polar surface area (TPSA) is 52.8 Å². The molecule has 21 heavy (non-hydrogen) atoms. The SMILES string of the molecule is N#Cc1cc(N2CCC[C@H]2c2ccc(Br)c(F)c2)ncn1. The molecule has 106 valence electrons. The van der Waals surface area contributed by atoms with E-state index < -0.39 is 0 Å². The second kappa shape index (κ2) is 5.78. The van der Waals surface area contributed by atoms with Crippen molar-refractivity contribution in [1.29, 1.82) is 5.26 Å². The number of hydrogen-bond acceptors (Lipinski definition) is 4. The van der Waals surface area contributed by atoms with Crippen LogP contribution in [0.15, 0.2) is 35.1 Å². The van der Waals surface area contributed by atoms with E-state index in [0.29, 0.717) is 16.0 Å². The van der Waals surface area contributed by atoms with Gasteiger partial charge in [0.25, 0.3) is 0 Å². The van der Waals surface area contributed by atoms with Gasteiger partial charge in [-0.15, -0.1) is 0 Å². The van der Waals surface area contributed by atoms with Crippen molar-refractivity contribution in [3.05, 3.63) is 52.1 Å². The van der Waals surface area contributed by atoms with Crippen molar-refractivity contribution >= 4 is 21.7 Å². The molecular formula is C15H12BrFN4. The Hall–Kier alpha value is -2.00. The lowest BCUT2D eigenvalue weighted by atomic mass is 10.0. The molecule has 2 aromatic rings. The fourth-order valence-corrected chi connectivity index (χ4v) is 2.92. The highest BCUT2D eigenvalue weighted by atomic mass is 79.9. The van der Waals surface area contributed by atoms with E-state index in [-0.39, 0.29) is 11.9 Å². The summed E-state index contributed by atoms with van der Waals surface area (Å²) in [5.74, 6) is 0.451. The zero-order valence-corrected chi connectivity index (χ0v) is 12.7. The Bertz CT molecular complexity index is 713. The summed E-state index contributed by atoms with van der Waals surface area (Å²) in [6.07, 6.45) is 3.34. The number of halogens is 2. The molecule has 1 fully saturated rings. The van der Waals surface area contributed by atoms with E-state index in [9.17, 15) is 4.39 Å². The number of anilines is 1. The van der Waals surface area contributed by atoms with E-state index in [4.69, 9.17) is 5.26 Å². The van der Waals surface area contributed by atoms with Crippen molar-refractivity contribution in [2.75, 3.05) is 11.4 Å². The molecule has 1 aliphatic rings. The van der Waals surface area contributed by atoms with Gasteiger partial charge in [0, 0.05) is 12.6 Å². The molecular weight excluding hydrogens is 335 g/mol. The highest BCUT2D eigenvalue weighted by Crippen LogP contribution is 2.36. The van der Waals surface area contributed by atoms with E-state index in [1.807, 2.05) is 12.1 Å². The van der Waals surface area contributed by atoms with Crippen molar-refractivity contribution < 1.29 is 4.39 Å². The molecule has 2 heterocycles. The lowest BCUT2D eigenvalue weighted by molar-refractivity contribution is 0.611. The van der Waals surface area contributed by atoms with Crippen LogP contribution in [-0.2, 0) is 0 Å². The molecule has 1 atom stereocenters. The molecule has 0 spiro atoms. The van der Waals surface area contributed by atoms with Crippen molar-refractivity contribution in [1.82, 2.24) is 9.97 Å². The van der Waals surface area contributed by atoms with Gasteiger partial charge in [-0.05, 0) is 46.5 Å². The van der Waals surface area contributed by atoms with Gasteiger partial charge in [0.15, 0.2) is 0 Å². The van der Waals surface area contributed by atoms with Gasteiger partial charge in [-0.1, -0.05) is 6.07 Å². The first kappa shape index (κ1) is 14.0. The van der Waals surface area contributed by atoms with Gasteiger partial charge in [-0.25, -0.2) is 14.4 Å². The summed E-state index contributed by atoms with van der Waals surface area (Å²) >= 11 is 3.17. The van der Waals surface area contributed by atoms with Crippen LogP contribution in [0, 0.1) is 17.1 Å². The van der Waals surface area contributed by atoms with Gasteiger partial charge in [-0.2, -0.15) is 5.26 Å². The molecule has 0 unspecified atom stereocenters. The molecule has 0 radical (unpaired) electrons. The first-order chi connectivity index (χ1) is 10.2. The number of rotatable bonds is 2. The monoisotopic (exact) mass is 346 g/mol. The molecule has 0 N–H and O–H groups in total. The standard InChI is InChI=1S/C15H12BrFN4/c16-12-4-3-10(6-13(12)17)14-2-1-5-21(14)15-7-11(8-18)19-9-20-15/h3-4,6-7,9,14H,1-2,5H2/t14-/m0/s1. The second-order valence-electron chi connectivity index (χ2n) is 4.90. The summed E-state index contributed by atoms with van der Waals surface area (Å²) in [6.45, 7) is 0.838. The normalized spacial score (nSPS) is 17.8. The molecule has 1 aromatic carbocycles. The molecule has 0 aliphatic carbocycles. The molecule has 0 saturated carbocycles. The maximum Gasteiger partial charge on any atom is 0.145 e. The Morgan fingerprint density at radius 1 is 1.33 bits per heavy atom. The van der Waals surface area contributed by atoms with Crippen LogP contribution in [0.4, 0.5) is 10.2 Å². The summed E-state index contributed by atoms with van der Waals surface area (Å²) in [7, 11) is 0. The number of nitriles is 1. The predicted octanol–water partition coefficient (Wildman–Crippen LogP) is 3.59. The third kappa shape index (κ3) is 2.74. The Morgan fingerprint density at radius 3 is 2.95 bits per heavy atom. The minimum Gasteiger partial charge on any atom is -0.349 e. The molecule has 0 amide bonds. The highest BCUT2D eigenvalue weighted by Gasteiger charge is 2.27. The van der Waals surface area contributed by atoms with E-state index in [0.717, 1.165) is 24.9 Å². The van der Waals surface area contributed by atoms with Gasteiger partial charge in [0.05, 0.1) is 10.5 Å². The molecule has 6 heteroatoms. The minimum atomic E-state index is -0.264. The van der Waals surface area contributed by atoms with Gasteiger partial charge in [0.1, 0.15) is 29.7 Å². The smallest absolute Gasteiger partial charge is 0.145 e. The van der Waals surface area contributed by atoms with Crippen LogP contribution in [0.3, 0.4) is 0 Å². The van der Waals surface area contributed by atoms with Crippen LogP contribution >= 0.6 is 15.9 Å². The molecule has 3 rings (SSSR count). The second-order valence-corrected chi connectivity index (χ2v) is 5.75. The van der Waals surface area contributed by atoms with E-state index in [1.165, 1.54) is 6.33 Å². The predicted molar refractivity (Wildman–Crippen MR) is 80.2 cm³/mol. The largest absolute Gasteiger partial charge is 0.349 e. The van der Waals surface area contributed by atoms with Crippen LogP contribution in [0.5, 0.6) is 0 Å². The van der Waals surface area contributed by atoms with Crippen molar-refractivity contribution in [2.24, 2.45) is 0 Å². The minimum absolute atomic E-state index is 0.0778. The van der Waals surface area contributed by atoms with E-state index in [2.05, 4.69) is 30.8 Å². The number of nitrogens with zero attached hydrogens (tertiary/aromatic N) is 4. The van der Waals surface area contributed by atoms with Crippen molar-refractivity contribution in [2.45, 2.75) is 18.9 Å². The van der Waals surface area contributed by atoms with Gasteiger partial charge in [-0.3, -0.25) is 0 Å². The zero-order chi connectivity index (χ0) is 14.8. The maximum atomic E-state index is 13.7. The summed E-state index contributed by atoms with van der Waals surface area (Å²) in [4.78, 5) is 10.2. The third-order valence-corrected chi connectivity index (χ3v) is 4.29.